The van der Waals surface area contributed by atoms with Crippen molar-refractivity contribution in [3.63, 3.8) is 0 Å². The maximum atomic E-state index is 13.9. The third-order valence-electron chi connectivity index (χ3n) is 2.42. The number of nitrogen functional groups attached to an aromatic ring is 1. The molecule has 100 valence electrons. The first-order valence-electron chi connectivity index (χ1n) is 5.66. The van der Waals surface area contributed by atoms with Crippen LogP contribution in [0.3, 0.4) is 0 Å². The predicted molar refractivity (Wildman–Crippen MR) is 70.1 cm³/mol. The van der Waals surface area contributed by atoms with E-state index in [4.69, 9.17) is 11.1 Å². The maximum absolute atomic E-state index is 13.9. The molecule has 1 aromatic carbocycles. The molecule has 18 heavy (non-hydrogen) atoms. The first kappa shape index (κ1) is 14.4. The van der Waals surface area contributed by atoms with Gasteiger partial charge in [0.25, 0.3) is 0 Å². The fourth-order valence-electron chi connectivity index (χ4n) is 1.88. The van der Waals surface area contributed by atoms with Crippen LogP contribution in [-0.2, 0) is 0 Å². The van der Waals surface area contributed by atoms with E-state index in [0.717, 1.165) is 12.1 Å². The van der Waals surface area contributed by atoms with Gasteiger partial charge in [0.15, 0.2) is 0 Å². The van der Waals surface area contributed by atoms with Crippen LogP contribution in [0.2, 0.25) is 0 Å². The van der Waals surface area contributed by atoms with Crippen LogP contribution in [0.5, 0.6) is 0 Å². The molecule has 0 fully saturated rings. The number of nitrogens with one attached hydrogen (secondary N) is 1. The maximum Gasteiger partial charge on any atom is 0.150 e. The molecular weight excluding hydrogens is 236 g/mol. The van der Waals surface area contributed by atoms with Crippen molar-refractivity contribution in [2.45, 2.75) is 20.8 Å². The monoisotopic (exact) mass is 255 g/mol. The minimum absolute atomic E-state index is 0.0536. The largest absolute Gasteiger partial charge is 0.384 e. The Morgan fingerprint density at radius 2 is 1.72 bits per heavy atom. The van der Waals surface area contributed by atoms with Crippen molar-refractivity contribution in [2.75, 3.05) is 18.5 Å². The van der Waals surface area contributed by atoms with E-state index in [-0.39, 0.29) is 22.5 Å². The van der Waals surface area contributed by atoms with Crippen molar-refractivity contribution in [3.05, 3.63) is 29.3 Å². The van der Waals surface area contributed by atoms with Crippen molar-refractivity contribution < 1.29 is 8.78 Å². The van der Waals surface area contributed by atoms with Gasteiger partial charge in [0, 0.05) is 19.2 Å². The van der Waals surface area contributed by atoms with Crippen LogP contribution >= 0.6 is 0 Å². The van der Waals surface area contributed by atoms with Crippen LogP contribution in [0.4, 0.5) is 14.5 Å². The number of nitrogens with two attached hydrogens (primary N) is 1. The third-order valence-corrected chi connectivity index (χ3v) is 2.42. The average Bonchev–Trinajstić information content (AvgIpc) is 2.12. The summed E-state index contributed by atoms with van der Waals surface area (Å²) in [5, 5.41) is 7.18. The molecule has 0 aliphatic heterocycles. The van der Waals surface area contributed by atoms with E-state index in [1.54, 1.807) is 7.05 Å². The molecule has 1 aromatic rings. The number of anilines is 1. The highest BCUT2D eigenvalue weighted by molar-refractivity contribution is 5.95. The summed E-state index contributed by atoms with van der Waals surface area (Å²) in [5.41, 5.74) is 5.10. The topological polar surface area (TPSA) is 53.1 Å². The summed E-state index contributed by atoms with van der Waals surface area (Å²) in [6, 6.07) is 2.17. The van der Waals surface area contributed by atoms with Crippen LogP contribution in [0.25, 0.3) is 0 Å². The van der Waals surface area contributed by atoms with E-state index < -0.39 is 11.6 Å². The number of amidine groups is 1. The van der Waals surface area contributed by atoms with Gasteiger partial charge in [-0.2, -0.15) is 0 Å². The molecule has 0 radical (unpaired) electrons. The lowest BCUT2D eigenvalue weighted by Crippen LogP contribution is -2.30. The molecule has 0 saturated carbocycles. The second-order valence-corrected chi connectivity index (χ2v) is 5.62. The molecular formula is C13H19F2N3. The highest BCUT2D eigenvalue weighted by atomic mass is 19.1. The van der Waals surface area contributed by atoms with Crippen molar-refractivity contribution in [1.29, 1.82) is 5.41 Å². The van der Waals surface area contributed by atoms with Crippen LogP contribution in [0.1, 0.15) is 26.3 Å². The second-order valence-electron chi connectivity index (χ2n) is 5.62. The highest BCUT2D eigenvalue weighted by Gasteiger charge is 2.20. The summed E-state index contributed by atoms with van der Waals surface area (Å²) < 4.78 is 27.7. The Kier molecular flexibility index (Phi) is 3.94. The van der Waals surface area contributed by atoms with Crippen LogP contribution in [0.15, 0.2) is 12.1 Å². The molecule has 0 bridgehead atoms. The van der Waals surface area contributed by atoms with Crippen molar-refractivity contribution in [1.82, 2.24) is 0 Å². The molecule has 0 aliphatic rings. The minimum atomic E-state index is -0.702. The molecule has 0 aromatic heterocycles. The third kappa shape index (κ3) is 3.42. The van der Waals surface area contributed by atoms with Gasteiger partial charge in [0.2, 0.25) is 0 Å². The van der Waals surface area contributed by atoms with Gasteiger partial charge in [-0.3, -0.25) is 5.41 Å². The van der Waals surface area contributed by atoms with Gasteiger partial charge in [0.1, 0.15) is 23.2 Å². The standard InChI is InChI=1S/C13H19F2N3/c1-13(2,3)7-18(4)11-9(14)5-8(12(16)17)6-10(11)15/h5-6H,7H2,1-4H3,(H3,16,17). The van der Waals surface area contributed by atoms with E-state index in [0.29, 0.717) is 6.54 Å². The van der Waals surface area contributed by atoms with Gasteiger partial charge in [-0.05, 0) is 17.5 Å². The number of benzene rings is 1. The van der Waals surface area contributed by atoms with Gasteiger partial charge >= 0.3 is 0 Å². The van der Waals surface area contributed by atoms with E-state index in [2.05, 4.69) is 0 Å². The number of halogens is 2. The number of hydrogen-bond acceptors (Lipinski definition) is 2. The Balaban J connectivity index is 3.14. The molecule has 5 heteroatoms. The fraction of sp³-hybridized carbons (Fsp3) is 0.462. The smallest absolute Gasteiger partial charge is 0.150 e. The first-order chi connectivity index (χ1) is 8.11. The number of nitrogens with zero attached hydrogens (tertiary/aromatic N) is 1. The lowest BCUT2D eigenvalue weighted by Gasteiger charge is -2.28. The molecule has 3 nitrogen and oxygen atoms in total. The summed E-state index contributed by atoms with van der Waals surface area (Å²) >= 11 is 0. The lowest BCUT2D eigenvalue weighted by atomic mass is 9.96. The van der Waals surface area contributed by atoms with Crippen molar-refractivity contribution in [2.24, 2.45) is 11.1 Å². The molecule has 0 spiro atoms. The Hall–Kier alpha value is -1.65. The Labute approximate surface area is 106 Å². The van der Waals surface area contributed by atoms with Crippen molar-refractivity contribution in [3.8, 4) is 0 Å². The van der Waals surface area contributed by atoms with Crippen LogP contribution in [0, 0.1) is 22.5 Å². The molecule has 3 N–H and O–H groups in total. The quantitative estimate of drug-likeness (QED) is 0.644. The molecule has 0 amide bonds. The normalized spacial score (nSPS) is 11.4. The summed E-state index contributed by atoms with van der Waals surface area (Å²) in [4.78, 5) is 1.54. The fourth-order valence-corrected chi connectivity index (χ4v) is 1.88. The van der Waals surface area contributed by atoms with Crippen molar-refractivity contribution >= 4 is 11.5 Å². The Bertz CT molecular complexity index is 441. The average molecular weight is 255 g/mol. The summed E-state index contributed by atoms with van der Waals surface area (Å²) in [6.07, 6.45) is 0. The molecule has 0 saturated heterocycles. The number of hydrogen-bond donors (Lipinski definition) is 2. The number of rotatable bonds is 3. The van der Waals surface area contributed by atoms with E-state index in [1.807, 2.05) is 20.8 Å². The molecule has 0 unspecified atom stereocenters. The van der Waals surface area contributed by atoms with Crippen LogP contribution in [-0.4, -0.2) is 19.4 Å². The van der Waals surface area contributed by atoms with Gasteiger partial charge < -0.3 is 10.6 Å². The lowest BCUT2D eigenvalue weighted by molar-refractivity contribution is 0.414. The van der Waals surface area contributed by atoms with Gasteiger partial charge in [-0.1, -0.05) is 20.8 Å². The van der Waals surface area contributed by atoms with E-state index in [9.17, 15) is 8.78 Å². The summed E-state index contributed by atoms with van der Waals surface area (Å²) in [5.74, 6) is -1.75. The zero-order chi connectivity index (χ0) is 14.1. The summed E-state index contributed by atoms with van der Waals surface area (Å²) in [7, 11) is 1.64. The molecule has 0 aliphatic carbocycles. The Morgan fingerprint density at radius 1 is 1.28 bits per heavy atom. The molecule has 0 atom stereocenters. The zero-order valence-electron chi connectivity index (χ0n) is 11.1. The van der Waals surface area contributed by atoms with E-state index >= 15 is 0 Å². The highest BCUT2D eigenvalue weighted by Crippen LogP contribution is 2.27. The molecule has 0 heterocycles. The van der Waals surface area contributed by atoms with Gasteiger partial charge in [0.05, 0.1) is 0 Å². The van der Waals surface area contributed by atoms with Gasteiger partial charge in [-0.15, -0.1) is 0 Å². The van der Waals surface area contributed by atoms with E-state index in [1.165, 1.54) is 4.90 Å². The van der Waals surface area contributed by atoms with Gasteiger partial charge in [-0.25, -0.2) is 8.78 Å². The molecule has 1 rings (SSSR count). The predicted octanol–water partition coefficient (Wildman–Crippen LogP) is 2.73. The summed E-state index contributed by atoms with van der Waals surface area (Å²) in [6.45, 7) is 6.48. The Morgan fingerprint density at radius 3 is 2.06 bits per heavy atom. The SMILES string of the molecule is CN(CC(C)(C)C)c1c(F)cc(C(=N)N)cc1F. The second kappa shape index (κ2) is 4.92. The minimum Gasteiger partial charge on any atom is -0.384 e. The zero-order valence-corrected chi connectivity index (χ0v) is 11.1. The first-order valence-corrected chi connectivity index (χ1v) is 5.66. The van der Waals surface area contributed by atoms with Crippen LogP contribution < -0.4 is 10.6 Å².